The molecule has 0 radical (unpaired) electrons. The van der Waals surface area contributed by atoms with E-state index in [4.69, 9.17) is 0 Å². The van der Waals surface area contributed by atoms with Crippen LogP contribution in [0.2, 0.25) is 0 Å². The van der Waals surface area contributed by atoms with Gasteiger partial charge in [0, 0.05) is 0 Å². The molecule has 2 heteroatoms. The van der Waals surface area contributed by atoms with Gasteiger partial charge in [-0.2, -0.15) is 0 Å². The molecular formula is C13H30P2. The van der Waals surface area contributed by atoms with Crippen LogP contribution in [-0.4, -0.2) is 25.2 Å². The Morgan fingerprint density at radius 2 is 1.53 bits per heavy atom. The molecule has 0 spiro atoms. The van der Waals surface area contributed by atoms with Crippen molar-refractivity contribution < 1.29 is 0 Å². The van der Waals surface area contributed by atoms with E-state index in [2.05, 4.69) is 26.9 Å². The lowest BCUT2D eigenvalue weighted by Gasteiger charge is -2.36. The highest BCUT2D eigenvalue weighted by atomic mass is 31.1. The Balaban J connectivity index is 0.000000583. The maximum atomic E-state index is 2.42. The molecule has 0 aromatic heterocycles. The minimum Gasteiger partial charge on any atom is -0.129 e. The number of rotatable bonds is 4. The van der Waals surface area contributed by atoms with Gasteiger partial charge in [0.15, 0.2) is 0 Å². The first-order valence-electron chi connectivity index (χ1n) is 6.52. The molecule has 1 unspecified atom stereocenters. The fourth-order valence-corrected chi connectivity index (χ4v) is 3.65. The van der Waals surface area contributed by atoms with Gasteiger partial charge in [-0.3, -0.25) is 0 Å². The van der Waals surface area contributed by atoms with Crippen LogP contribution in [0.4, 0.5) is 0 Å². The molecule has 15 heavy (non-hydrogen) atoms. The summed E-state index contributed by atoms with van der Waals surface area (Å²) in [5.41, 5.74) is 0. The number of unbranched alkanes of at least 4 members (excludes halogenated alkanes) is 1. The second-order valence-electron chi connectivity index (χ2n) is 4.69. The molecule has 0 aromatic rings. The van der Waals surface area contributed by atoms with Crippen LogP contribution in [0.5, 0.6) is 0 Å². The maximum Gasteiger partial charge on any atom is -0.0124 e. The zero-order chi connectivity index (χ0) is 11.6. The maximum absolute atomic E-state index is 2.42. The monoisotopic (exact) mass is 248 g/mol. The molecule has 1 aliphatic carbocycles. The summed E-state index contributed by atoms with van der Waals surface area (Å²) < 4.78 is 0. The first-order valence-corrected chi connectivity index (χ1v) is 10.0. The van der Waals surface area contributed by atoms with Crippen LogP contribution in [-0.2, 0) is 0 Å². The average molecular weight is 248 g/mol. The van der Waals surface area contributed by atoms with E-state index in [1.54, 1.807) is 0 Å². The Hall–Kier alpha value is 0.860. The number of hydrogen-bond donors (Lipinski definition) is 0. The van der Waals surface area contributed by atoms with E-state index in [0.29, 0.717) is 0 Å². The van der Waals surface area contributed by atoms with Crippen LogP contribution < -0.4 is 0 Å². The highest BCUT2D eigenvalue weighted by Crippen LogP contribution is 2.45. The summed E-state index contributed by atoms with van der Waals surface area (Å²) in [6, 6.07) is 0. The van der Waals surface area contributed by atoms with E-state index < -0.39 is 0 Å². The van der Waals surface area contributed by atoms with Crippen LogP contribution in [0, 0.1) is 0 Å². The van der Waals surface area contributed by atoms with Crippen molar-refractivity contribution in [2.24, 2.45) is 0 Å². The first-order chi connectivity index (χ1) is 7.24. The van der Waals surface area contributed by atoms with Gasteiger partial charge < -0.3 is 0 Å². The highest BCUT2D eigenvalue weighted by Gasteiger charge is 2.28. The summed E-state index contributed by atoms with van der Waals surface area (Å²) in [6.45, 7) is 9.04. The van der Waals surface area contributed by atoms with E-state index in [1.807, 2.05) is 0 Å². The molecule has 1 atom stereocenters. The van der Waals surface area contributed by atoms with E-state index >= 15 is 0 Å². The van der Waals surface area contributed by atoms with E-state index in [0.717, 1.165) is 13.7 Å². The third-order valence-electron chi connectivity index (χ3n) is 3.35. The minimum atomic E-state index is 0.800. The second-order valence-corrected chi connectivity index (χ2v) is 7.26. The summed E-state index contributed by atoms with van der Waals surface area (Å²) in [7, 11) is 2.27. The van der Waals surface area contributed by atoms with Crippen LogP contribution in [0.15, 0.2) is 0 Å². The molecule has 0 aliphatic heterocycles. The first kappa shape index (κ1) is 15.9. The molecule has 0 bridgehead atoms. The SMILES string of the molecule is CCCCC1(PC)CCCCC1.CPC. The van der Waals surface area contributed by atoms with Crippen LogP contribution in [0.3, 0.4) is 0 Å². The third-order valence-corrected chi connectivity index (χ3v) is 5.16. The zero-order valence-corrected chi connectivity index (χ0v) is 13.2. The molecule has 0 nitrogen and oxygen atoms in total. The zero-order valence-electron chi connectivity index (χ0n) is 11.2. The Morgan fingerprint density at radius 3 is 1.93 bits per heavy atom. The van der Waals surface area contributed by atoms with Crippen molar-refractivity contribution >= 4 is 17.2 Å². The van der Waals surface area contributed by atoms with Gasteiger partial charge in [0.2, 0.25) is 0 Å². The van der Waals surface area contributed by atoms with Crippen molar-refractivity contribution in [2.75, 3.05) is 20.0 Å². The lowest BCUT2D eigenvalue weighted by molar-refractivity contribution is 0.366. The van der Waals surface area contributed by atoms with Crippen molar-refractivity contribution in [2.45, 2.75) is 63.4 Å². The van der Waals surface area contributed by atoms with Gasteiger partial charge in [0.1, 0.15) is 0 Å². The Kier molecular flexibility index (Phi) is 10.6. The Morgan fingerprint density at radius 1 is 1.00 bits per heavy atom. The molecule has 92 valence electrons. The van der Waals surface area contributed by atoms with Crippen LogP contribution in [0.1, 0.15) is 58.3 Å². The molecule has 1 saturated carbocycles. The topological polar surface area (TPSA) is 0 Å². The smallest absolute Gasteiger partial charge is 0.0124 e. The average Bonchev–Trinajstić information content (AvgIpc) is 2.29. The van der Waals surface area contributed by atoms with Crippen molar-refractivity contribution in [3.05, 3.63) is 0 Å². The van der Waals surface area contributed by atoms with Crippen LogP contribution >= 0.6 is 17.2 Å². The molecule has 0 amide bonds. The minimum absolute atomic E-state index is 0.800. The Labute approximate surface area is 101 Å². The molecule has 1 fully saturated rings. The largest absolute Gasteiger partial charge is 0.129 e. The molecule has 0 N–H and O–H groups in total. The van der Waals surface area contributed by atoms with Gasteiger partial charge in [-0.05, 0) is 44.4 Å². The molecule has 1 rings (SSSR count). The molecule has 0 heterocycles. The van der Waals surface area contributed by atoms with Crippen molar-refractivity contribution in [3.8, 4) is 0 Å². The normalized spacial score (nSPS) is 20.0. The number of hydrogen-bond acceptors (Lipinski definition) is 0. The van der Waals surface area contributed by atoms with Gasteiger partial charge in [-0.15, -0.1) is 17.2 Å². The van der Waals surface area contributed by atoms with Gasteiger partial charge in [0.05, 0.1) is 0 Å². The Bertz CT molecular complexity index is 128. The molecule has 0 aromatic carbocycles. The van der Waals surface area contributed by atoms with E-state index in [-0.39, 0.29) is 0 Å². The molecular weight excluding hydrogens is 218 g/mol. The fraction of sp³-hybridized carbons (Fsp3) is 1.00. The van der Waals surface area contributed by atoms with Crippen molar-refractivity contribution in [1.82, 2.24) is 0 Å². The lowest BCUT2D eigenvalue weighted by atomic mass is 9.85. The van der Waals surface area contributed by atoms with Crippen molar-refractivity contribution in [1.29, 1.82) is 0 Å². The fourth-order valence-electron chi connectivity index (χ4n) is 2.37. The summed E-state index contributed by atoms with van der Waals surface area (Å²) in [5.74, 6) is 0. The predicted molar refractivity (Wildman–Crippen MR) is 79.7 cm³/mol. The van der Waals surface area contributed by atoms with Gasteiger partial charge in [0.25, 0.3) is 0 Å². The van der Waals surface area contributed by atoms with Gasteiger partial charge >= 0.3 is 0 Å². The van der Waals surface area contributed by atoms with Crippen molar-refractivity contribution in [3.63, 3.8) is 0 Å². The summed E-state index contributed by atoms with van der Waals surface area (Å²) >= 11 is 0. The van der Waals surface area contributed by atoms with Gasteiger partial charge in [-0.25, -0.2) is 0 Å². The molecule has 1 aliphatic rings. The quantitative estimate of drug-likeness (QED) is 0.606. The third kappa shape index (κ3) is 6.91. The van der Waals surface area contributed by atoms with Gasteiger partial charge in [-0.1, -0.05) is 39.0 Å². The summed E-state index contributed by atoms with van der Waals surface area (Å²) in [4.78, 5) is 0. The highest BCUT2D eigenvalue weighted by molar-refractivity contribution is 7.39. The molecule has 0 saturated heterocycles. The summed E-state index contributed by atoms with van der Waals surface area (Å²) in [6.07, 6.45) is 11.9. The van der Waals surface area contributed by atoms with E-state index in [9.17, 15) is 0 Å². The standard InChI is InChI=1S/C11H23P.C2H7P/c1-3-4-8-11(12-2)9-6-5-7-10-11;1-3-2/h12H,3-10H2,1-2H3;3H,1-2H3. The van der Waals surface area contributed by atoms with Crippen LogP contribution in [0.25, 0.3) is 0 Å². The lowest BCUT2D eigenvalue weighted by Crippen LogP contribution is -2.25. The second kappa shape index (κ2) is 10.0. The summed E-state index contributed by atoms with van der Waals surface area (Å²) in [5, 5.41) is 0.800. The predicted octanol–water partition coefficient (Wildman–Crippen LogP) is 5.11. The van der Waals surface area contributed by atoms with E-state index in [1.165, 1.54) is 59.9 Å².